The molecule has 3 aromatic carbocycles. The second-order valence-electron chi connectivity index (χ2n) is 8.12. The van der Waals surface area contributed by atoms with E-state index in [0.717, 1.165) is 0 Å². The van der Waals surface area contributed by atoms with Gasteiger partial charge in [-0.15, -0.1) is 0 Å². The number of benzene rings is 3. The second-order valence-corrected chi connectivity index (χ2v) is 8.12. The zero-order valence-corrected chi connectivity index (χ0v) is 17.6. The van der Waals surface area contributed by atoms with Crippen molar-refractivity contribution in [1.29, 1.82) is 0 Å². The van der Waals surface area contributed by atoms with Crippen LogP contribution in [0, 0.1) is 0 Å². The minimum Gasteiger partial charge on any atom is -0.508 e. The summed E-state index contributed by atoms with van der Waals surface area (Å²) in [4.78, 5) is 41.4. The van der Waals surface area contributed by atoms with Gasteiger partial charge in [0.15, 0.2) is 17.3 Å². The van der Waals surface area contributed by atoms with E-state index in [9.17, 15) is 19.5 Å². The number of Topliss-reactive ketones (excluding diaryl/α,β-unsaturated/α-hetero) is 3. The van der Waals surface area contributed by atoms with E-state index in [0.29, 0.717) is 28.0 Å². The summed E-state index contributed by atoms with van der Waals surface area (Å²) in [6.07, 6.45) is 1.36. The fourth-order valence-corrected chi connectivity index (χ4v) is 4.80. The van der Waals surface area contributed by atoms with Gasteiger partial charge in [-0.2, -0.15) is 0 Å². The number of phenolic OH excluding ortho intramolecular Hbond substituents is 1. The maximum Gasteiger partial charge on any atom is 0.182 e. The molecule has 5 rings (SSSR count). The third-order valence-corrected chi connectivity index (χ3v) is 6.35. The highest BCUT2D eigenvalue weighted by molar-refractivity contribution is 6.34. The van der Waals surface area contributed by atoms with E-state index < -0.39 is 11.3 Å². The number of carbonyl (C=O) groups excluding carboxylic acids is 3. The fraction of sp³-hybridized carbons (Fsp3) is 0.107. The Morgan fingerprint density at radius 3 is 1.97 bits per heavy atom. The molecule has 5 heteroatoms. The number of ketones is 3. The predicted octanol–water partition coefficient (Wildman–Crippen LogP) is 5.36. The first kappa shape index (κ1) is 20.6. The molecule has 162 valence electrons. The summed E-state index contributed by atoms with van der Waals surface area (Å²) in [6.45, 7) is 0. The quantitative estimate of drug-likeness (QED) is 0.325. The monoisotopic (exact) mass is 436 g/mol. The van der Waals surface area contributed by atoms with Crippen molar-refractivity contribution in [1.82, 2.24) is 0 Å². The molecule has 0 amide bonds. The standard InChI is InChI=1S/C28H20O5/c29-20-14-12-19(13-15-20)28(26(31)21-9-4-5-10-22(21)27(28)32)23(25-11-6-16-33-25)17-24(30)18-7-2-1-3-8-18/h1-16,23,29H,17H2. The van der Waals surface area contributed by atoms with Crippen molar-refractivity contribution in [3.8, 4) is 5.75 Å². The summed E-state index contributed by atoms with van der Waals surface area (Å²) in [6, 6.07) is 24.9. The SMILES string of the molecule is O=C(CC(c1ccco1)C1(c2ccc(O)cc2)C(=O)c2ccccc2C1=O)c1ccccc1. The summed E-state index contributed by atoms with van der Waals surface area (Å²) in [5.41, 5.74) is -0.155. The van der Waals surface area contributed by atoms with Crippen LogP contribution in [0.15, 0.2) is 102 Å². The lowest BCUT2D eigenvalue weighted by Gasteiger charge is -2.34. The predicted molar refractivity (Wildman–Crippen MR) is 122 cm³/mol. The zero-order valence-electron chi connectivity index (χ0n) is 17.6. The lowest BCUT2D eigenvalue weighted by atomic mass is 9.64. The van der Waals surface area contributed by atoms with Gasteiger partial charge >= 0.3 is 0 Å². The van der Waals surface area contributed by atoms with Gasteiger partial charge < -0.3 is 9.52 Å². The van der Waals surface area contributed by atoms with E-state index in [1.165, 1.54) is 18.4 Å². The van der Waals surface area contributed by atoms with Crippen molar-refractivity contribution < 1.29 is 23.9 Å². The lowest BCUT2D eigenvalue weighted by Crippen LogP contribution is -2.45. The molecular formula is C28H20O5. The number of aromatic hydroxyl groups is 1. The Labute approximate surface area is 190 Å². The highest BCUT2D eigenvalue weighted by Crippen LogP contribution is 2.51. The van der Waals surface area contributed by atoms with Crippen LogP contribution in [0.3, 0.4) is 0 Å². The third kappa shape index (κ3) is 3.21. The van der Waals surface area contributed by atoms with Crippen LogP contribution >= 0.6 is 0 Å². The van der Waals surface area contributed by atoms with E-state index in [1.807, 2.05) is 6.07 Å². The van der Waals surface area contributed by atoms with Gasteiger partial charge in [-0.25, -0.2) is 0 Å². The van der Waals surface area contributed by atoms with Crippen LogP contribution in [0.5, 0.6) is 5.75 Å². The van der Waals surface area contributed by atoms with E-state index in [-0.39, 0.29) is 29.5 Å². The maximum absolute atomic E-state index is 14.0. The first-order valence-electron chi connectivity index (χ1n) is 10.6. The van der Waals surface area contributed by atoms with Gasteiger partial charge in [0, 0.05) is 29.0 Å². The van der Waals surface area contributed by atoms with Crippen LogP contribution in [-0.4, -0.2) is 22.5 Å². The van der Waals surface area contributed by atoms with Crippen LogP contribution in [0.4, 0.5) is 0 Å². The van der Waals surface area contributed by atoms with Crippen molar-refractivity contribution in [2.24, 2.45) is 0 Å². The van der Waals surface area contributed by atoms with Crippen molar-refractivity contribution in [2.45, 2.75) is 17.8 Å². The van der Waals surface area contributed by atoms with Crippen molar-refractivity contribution in [2.75, 3.05) is 0 Å². The molecule has 0 spiro atoms. The molecule has 0 fully saturated rings. The van der Waals surface area contributed by atoms with E-state index in [2.05, 4.69) is 0 Å². The Balaban J connectivity index is 1.74. The van der Waals surface area contributed by atoms with Crippen LogP contribution in [0.1, 0.15) is 54.7 Å². The first-order chi connectivity index (χ1) is 16.0. The third-order valence-electron chi connectivity index (χ3n) is 6.35. The minimum absolute atomic E-state index is 0.0132. The molecule has 33 heavy (non-hydrogen) atoms. The number of rotatable bonds is 6. The molecule has 0 aliphatic heterocycles. The number of phenols is 1. The normalized spacial score (nSPS) is 15.3. The average molecular weight is 436 g/mol. The molecule has 1 unspecified atom stereocenters. The number of hydrogen-bond donors (Lipinski definition) is 1. The van der Waals surface area contributed by atoms with E-state index >= 15 is 0 Å². The summed E-state index contributed by atoms with van der Waals surface area (Å²) in [7, 11) is 0. The van der Waals surface area contributed by atoms with Gasteiger partial charge in [-0.1, -0.05) is 66.7 Å². The molecule has 4 aromatic rings. The number of hydrogen-bond acceptors (Lipinski definition) is 5. The zero-order chi connectivity index (χ0) is 23.0. The Bertz CT molecular complexity index is 1300. The minimum atomic E-state index is -1.69. The number of carbonyl (C=O) groups is 3. The molecule has 1 aromatic heterocycles. The molecule has 1 N–H and O–H groups in total. The van der Waals surface area contributed by atoms with Crippen LogP contribution in [0.2, 0.25) is 0 Å². The Hall–Kier alpha value is -4.25. The molecule has 0 saturated carbocycles. The van der Waals surface area contributed by atoms with Crippen LogP contribution in [0.25, 0.3) is 0 Å². The molecule has 5 nitrogen and oxygen atoms in total. The Morgan fingerprint density at radius 1 is 0.788 bits per heavy atom. The molecule has 0 radical (unpaired) electrons. The van der Waals surface area contributed by atoms with E-state index in [1.54, 1.807) is 72.8 Å². The fourth-order valence-electron chi connectivity index (χ4n) is 4.80. The Morgan fingerprint density at radius 2 is 1.39 bits per heavy atom. The highest BCUT2D eigenvalue weighted by atomic mass is 16.3. The van der Waals surface area contributed by atoms with Gasteiger partial charge in [0.05, 0.1) is 6.26 Å². The molecule has 1 heterocycles. The summed E-state index contributed by atoms with van der Waals surface area (Å²) < 4.78 is 5.70. The van der Waals surface area contributed by atoms with Gasteiger partial charge in [-0.05, 0) is 29.8 Å². The van der Waals surface area contributed by atoms with Crippen LogP contribution < -0.4 is 0 Å². The second kappa shape index (κ2) is 8.02. The van der Waals surface area contributed by atoms with Crippen molar-refractivity contribution in [3.63, 3.8) is 0 Å². The molecule has 0 bridgehead atoms. The molecule has 1 aliphatic rings. The molecule has 0 saturated heterocycles. The topological polar surface area (TPSA) is 84.6 Å². The Kier molecular flexibility index (Phi) is 5.02. The van der Waals surface area contributed by atoms with Gasteiger partial charge in [0.1, 0.15) is 16.9 Å². The number of furan rings is 1. The van der Waals surface area contributed by atoms with Crippen molar-refractivity contribution in [3.05, 3.63) is 125 Å². The van der Waals surface area contributed by atoms with Gasteiger partial charge in [0.2, 0.25) is 0 Å². The van der Waals surface area contributed by atoms with Gasteiger partial charge in [-0.3, -0.25) is 14.4 Å². The molecular weight excluding hydrogens is 416 g/mol. The maximum atomic E-state index is 14.0. The number of fused-ring (bicyclic) bond motifs is 1. The summed E-state index contributed by atoms with van der Waals surface area (Å²) in [5.74, 6) is -1.45. The summed E-state index contributed by atoms with van der Waals surface area (Å²) in [5, 5.41) is 9.86. The van der Waals surface area contributed by atoms with E-state index in [4.69, 9.17) is 4.42 Å². The molecule has 1 aliphatic carbocycles. The smallest absolute Gasteiger partial charge is 0.182 e. The average Bonchev–Trinajstić information content (AvgIpc) is 3.46. The molecule has 1 atom stereocenters. The highest BCUT2D eigenvalue weighted by Gasteiger charge is 2.60. The van der Waals surface area contributed by atoms with Crippen LogP contribution in [-0.2, 0) is 5.41 Å². The lowest BCUT2D eigenvalue weighted by molar-refractivity contribution is 0.0737. The largest absolute Gasteiger partial charge is 0.508 e. The summed E-state index contributed by atoms with van der Waals surface area (Å²) >= 11 is 0. The van der Waals surface area contributed by atoms with Crippen molar-refractivity contribution >= 4 is 17.3 Å². The first-order valence-corrected chi connectivity index (χ1v) is 10.6. The van der Waals surface area contributed by atoms with Gasteiger partial charge in [0.25, 0.3) is 0 Å².